The van der Waals surface area contributed by atoms with E-state index in [1.165, 1.54) is 43.2 Å². The van der Waals surface area contributed by atoms with Crippen molar-refractivity contribution < 1.29 is 27.5 Å². The molecule has 26 heavy (non-hydrogen) atoms. The van der Waals surface area contributed by atoms with Crippen molar-refractivity contribution in [2.75, 3.05) is 10.2 Å². The fourth-order valence-corrected chi connectivity index (χ4v) is 2.55. The molecular weight excluding hydrogens is 357 g/mol. The molecule has 1 fully saturated rings. The molecule has 1 aliphatic rings. The lowest BCUT2D eigenvalue weighted by Crippen LogP contribution is -2.41. The molecule has 1 saturated heterocycles. The number of carbonyl (C=O) groups is 2. The van der Waals surface area contributed by atoms with Crippen LogP contribution in [0.25, 0.3) is 0 Å². The van der Waals surface area contributed by atoms with Gasteiger partial charge >= 0.3 is 12.3 Å². The molecular formula is C14H13F3N6O3. The average molecular weight is 370 g/mol. The maximum Gasteiger partial charge on any atom is 0.427 e. The number of alkyl halides is 3. The Hall–Kier alpha value is -3.18. The molecule has 2 aromatic rings. The van der Waals surface area contributed by atoms with Crippen LogP contribution in [0.1, 0.15) is 17.4 Å². The molecule has 0 saturated carbocycles. The van der Waals surface area contributed by atoms with Gasteiger partial charge in [0, 0.05) is 13.2 Å². The third-order valence-corrected chi connectivity index (χ3v) is 3.80. The maximum atomic E-state index is 13.0. The number of halogens is 3. The first kappa shape index (κ1) is 17.6. The van der Waals surface area contributed by atoms with Crippen molar-refractivity contribution >= 4 is 23.5 Å². The van der Waals surface area contributed by atoms with Gasteiger partial charge in [-0.1, -0.05) is 5.21 Å². The zero-order valence-electron chi connectivity index (χ0n) is 13.6. The molecule has 1 N–H and O–H groups in total. The zero-order chi connectivity index (χ0) is 19.1. The molecule has 2 aromatic heterocycles. The van der Waals surface area contributed by atoms with E-state index in [-0.39, 0.29) is 17.2 Å². The highest BCUT2D eigenvalue weighted by molar-refractivity contribution is 6.05. The van der Waals surface area contributed by atoms with Gasteiger partial charge in [0.15, 0.2) is 5.82 Å². The fourth-order valence-electron chi connectivity index (χ4n) is 2.55. The molecule has 138 valence electrons. The quantitative estimate of drug-likeness (QED) is 0.883. The van der Waals surface area contributed by atoms with Crippen molar-refractivity contribution in [1.82, 2.24) is 20.0 Å². The number of pyridine rings is 1. The lowest BCUT2D eigenvalue weighted by molar-refractivity contribution is -0.198. The van der Waals surface area contributed by atoms with Crippen LogP contribution in [0.15, 0.2) is 24.5 Å². The monoisotopic (exact) mass is 370 g/mol. The van der Waals surface area contributed by atoms with Crippen molar-refractivity contribution in [3.05, 3.63) is 30.2 Å². The van der Waals surface area contributed by atoms with Gasteiger partial charge in [0.2, 0.25) is 6.10 Å². The second-order valence-electron chi connectivity index (χ2n) is 5.53. The second kappa shape index (κ2) is 6.28. The molecule has 12 heteroatoms. The summed E-state index contributed by atoms with van der Waals surface area (Å²) < 4.78 is 44.7. The largest absolute Gasteiger partial charge is 0.434 e. The van der Waals surface area contributed by atoms with Gasteiger partial charge in [-0.3, -0.25) is 9.69 Å². The van der Waals surface area contributed by atoms with E-state index >= 15 is 0 Å². The summed E-state index contributed by atoms with van der Waals surface area (Å²) in [4.78, 5) is 29.0. The Bertz CT molecular complexity index is 852. The molecule has 0 spiro atoms. The van der Waals surface area contributed by atoms with Gasteiger partial charge < -0.3 is 10.1 Å². The number of carbonyl (C=O) groups excluding carboxylic acids is 2. The number of rotatable bonds is 3. The molecule has 2 amide bonds. The number of nitrogens with one attached hydrogen (secondary N) is 1. The molecule has 3 heterocycles. The molecule has 0 aliphatic carbocycles. The zero-order valence-corrected chi connectivity index (χ0v) is 13.6. The normalized spacial score (nSPS) is 20.2. The number of anilines is 2. The summed E-state index contributed by atoms with van der Waals surface area (Å²) in [7, 11) is 1.50. The van der Waals surface area contributed by atoms with E-state index in [0.29, 0.717) is 0 Å². The van der Waals surface area contributed by atoms with Gasteiger partial charge in [0.25, 0.3) is 5.91 Å². The molecule has 0 aromatic carbocycles. The van der Waals surface area contributed by atoms with E-state index in [2.05, 4.69) is 25.3 Å². The first-order chi connectivity index (χ1) is 12.2. The summed E-state index contributed by atoms with van der Waals surface area (Å²) in [6.45, 7) is 1.19. The number of aromatic nitrogens is 4. The maximum absolute atomic E-state index is 13.0. The van der Waals surface area contributed by atoms with Crippen LogP contribution in [0.3, 0.4) is 0 Å². The van der Waals surface area contributed by atoms with Gasteiger partial charge in [-0.25, -0.2) is 14.5 Å². The van der Waals surface area contributed by atoms with Crippen LogP contribution < -0.4 is 10.2 Å². The van der Waals surface area contributed by atoms with Crippen molar-refractivity contribution in [3.63, 3.8) is 0 Å². The van der Waals surface area contributed by atoms with E-state index in [1.807, 2.05) is 0 Å². The highest BCUT2D eigenvalue weighted by atomic mass is 19.4. The number of cyclic esters (lactones) is 1. The fraction of sp³-hybridized carbons (Fsp3) is 0.357. The minimum atomic E-state index is -4.72. The average Bonchev–Trinajstić information content (AvgIpc) is 3.11. The molecule has 1 aliphatic heterocycles. The van der Waals surface area contributed by atoms with E-state index in [1.54, 1.807) is 0 Å². The van der Waals surface area contributed by atoms with Crippen LogP contribution in [0, 0.1) is 0 Å². The Morgan fingerprint density at radius 1 is 1.38 bits per heavy atom. The number of hydrogen-bond acceptors (Lipinski definition) is 6. The molecule has 2 unspecified atom stereocenters. The van der Waals surface area contributed by atoms with E-state index in [4.69, 9.17) is 0 Å². The van der Waals surface area contributed by atoms with Crippen molar-refractivity contribution in [3.8, 4) is 0 Å². The minimum Gasteiger partial charge on any atom is -0.434 e. The topological polar surface area (TPSA) is 102 Å². The number of ether oxygens (including phenoxy) is 1. The standard InChI is InChI=1S/C14H13F3N6O3/c1-7-10(14(15,16)17)26-13(25)23(7)11-8(4-3-5-18-11)20-12(24)9-6-19-21-22(9)2/h3-7,10H,1-2H3,(H,20,24). The molecule has 9 nitrogen and oxygen atoms in total. The summed E-state index contributed by atoms with van der Waals surface area (Å²) in [5.41, 5.74) is 0.162. The predicted molar refractivity (Wildman–Crippen MR) is 81.5 cm³/mol. The highest BCUT2D eigenvalue weighted by Crippen LogP contribution is 2.37. The van der Waals surface area contributed by atoms with Gasteiger partial charge in [-0.05, 0) is 19.1 Å². The molecule has 3 rings (SSSR count). The number of nitrogens with zero attached hydrogens (tertiary/aromatic N) is 5. The summed E-state index contributed by atoms with van der Waals surface area (Å²) >= 11 is 0. The Kier molecular flexibility index (Phi) is 4.26. The number of aryl methyl sites for hydroxylation is 1. The van der Waals surface area contributed by atoms with Gasteiger partial charge in [-0.15, -0.1) is 5.10 Å². The first-order valence-electron chi connectivity index (χ1n) is 7.37. The Labute approximate surface area is 144 Å². The smallest absolute Gasteiger partial charge is 0.427 e. The predicted octanol–water partition coefficient (Wildman–Crippen LogP) is 1.74. The minimum absolute atomic E-state index is 0.0466. The van der Waals surface area contributed by atoms with Crippen LogP contribution in [0.4, 0.5) is 29.5 Å². The van der Waals surface area contributed by atoms with Gasteiger partial charge in [0.1, 0.15) is 5.69 Å². The van der Waals surface area contributed by atoms with Gasteiger partial charge in [-0.2, -0.15) is 13.2 Å². The van der Waals surface area contributed by atoms with Crippen LogP contribution in [-0.2, 0) is 11.8 Å². The van der Waals surface area contributed by atoms with Crippen LogP contribution in [-0.4, -0.2) is 50.3 Å². The van der Waals surface area contributed by atoms with Crippen LogP contribution >= 0.6 is 0 Å². The van der Waals surface area contributed by atoms with Crippen molar-refractivity contribution in [2.45, 2.75) is 25.2 Å². The molecule has 2 atom stereocenters. The summed E-state index contributed by atoms with van der Waals surface area (Å²) in [5.74, 6) is -0.764. The summed E-state index contributed by atoms with van der Waals surface area (Å²) in [6.07, 6.45) is -5.70. The van der Waals surface area contributed by atoms with E-state index in [9.17, 15) is 22.8 Å². The van der Waals surface area contributed by atoms with Crippen molar-refractivity contribution in [2.24, 2.45) is 7.05 Å². The third kappa shape index (κ3) is 3.05. The highest BCUT2D eigenvalue weighted by Gasteiger charge is 2.55. The Balaban J connectivity index is 1.91. The summed E-state index contributed by atoms with van der Waals surface area (Å²) in [6, 6.07) is 1.52. The second-order valence-corrected chi connectivity index (χ2v) is 5.53. The molecule has 0 bridgehead atoms. The van der Waals surface area contributed by atoms with Crippen LogP contribution in [0.5, 0.6) is 0 Å². The van der Waals surface area contributed by atoms with E-state index < -0.39 is 30.3 Å². The lowest BCUT2D eigenvalue weighted by Gasteiger charge is -2.23. The molecule has 0 radical (unpaired) electrons. The Morgan fingerprint density at radius 3 is 2.69 bits per heavy atom. The number of hydrogen-bond donors (Lipinski definition) is 1. The third-order valence-electron chi connectivity index (χ3n) is 3.80. The summed E-state index contributed by atoms with van der Waals surface area (Å²) in [5, 5.41) is 9.69. The van der Waals surface area contributed by atoms with Crippen molar-refractivity contribution in [1.29, 1.82) is 0 Å². The first-order valence-corrected chi connectivity index (χ1v) is 7.37. The Morgan fingerprint density at radius 2 is 2.12 bits per heavy atom. The van der Waals surface area contributed by atoms with Gasteiger partial charge in [0.05, 0.1) is 17.9 Å². The SMILES string of the molecule is CC1C(C(F)(F)F)OC(=O)N1c1ncccc1NC(=O)c1cnnn1C. The number of amides is 2. The van der Waals surface area contributed by atoms with E-state index in [0.717, 1.165) is 4.90 Å². The lowest BCUT2D eigenvalue weighted by atomic mass is 10.1. The van der Waals surface area contributed by atoms with Crippen LogP contribution in [0.2, 0.25) is 0 Å².